The molecule has 0 amide bonds. The Balaban J connectivity index is 1.87. The predicted molar refractivity (Wildman–Crippen MR) is 99.9 cm³/mol. The standard InChI is InChI=1S/C19H26N4O2/c1-3-25-18-11-15(9-10-21-18)12-22-19(20-2)23-13-17(14-24)16-7-5-4-6-8-16/h4-11,17,24H,3,12-14H2,1-2H3,(H2,20,22,23). The fourth-order valence-electron chi connectivity index (χ4n) is 2.43. The molecule has 134 valence electrons. The molecular formula is C19H26N4O2. The molecule has 3 N–H and O–H groups in total. The summed E-state index contributed by atoms with van der Waals surface area (Å²) in [7, 11) is 1.73. The Morgan fingerprint density at radius 2 is 2.04 bits per heavy atom. The van der Waals surface area contributed by atoms with Crippen molar-refractivity contribution in [2.75, 3.05) is 26.8 Å². The highest BCUT2D eigenvalue weighted by Gasteiger charge is 2.10. The maximum absolute atomic E-state index is 9.63. The zero-order valence-electron chi connectivity index (χ0n) is 14.8. The Morgan fingerprint density at radius 1 is 1.24 bits per heavy atom. The van der Waals surface area contributed by atoms with Crippen LogP contribution < -0.4 is 15.4 Å². The summed E-state index contributed by atoms with van der Waals surface area (Å²) < 4.78 is 5.41. The number of pyridine rings is 1. The number of hydrogen-bond donors (Lipinski definition) is 3. The van der Waals surface area contributed by atoms with Crippen LogP contribution in [-0.2, 0) is 6.54 Å². The van der Waals surface area contributed by atoms with Gasteiger partial charge in [0, 0.05) is 38.3 Å². The summed E-state index contributed by atoms with van der Waals surface area (Å²) >= 11 is 0. The number of rotatable bonds is 8. The highest BCUT2D eigenvalue weighted by atomic mass is 16.5. The van der Waals surface area contributed by atoms with Crippen molar-refractivity contribution < 1.29 is 9.84 Å². The molecule has 0 aliphatic carbocycles. The Labute approximate surface area is 149 Å². The number of nitrogens with one attached hydrogen (secondary N) is 2. The first-order valence-corrected chi connectivity index (χ1v) is 8.44. The average molecular weight is 342 g/mol. The summed E-state index contributed by atoms with van der Waals surface area (Å²) in [5, 5.41) is 16.2. The second-order valence-corrected chi connectivity index (χ2v) is 5.53. The van der Waals surface area contributed by atoms with E-state index in [1.807, 2.05) is 49.4 Å². The third-order valence-corrected chi connectivity index (χ3v) is 3.78. The molecule has 0 radical (unpaired) electrons. The molecule has 1 atom stereocenters. The minimum atomic E-state index is 0.0187. The van der Waals surface area contributed by atoms with Gasteiger partial charge in [-0.15, -0.1) is 0 Å². The van der Waals surface area contributed by atoms with E-state index in [2.05, 4.69) is 20.6 Å². The van der Waals surface area contributed by atoms with Crippen molar-refractivity contribution in [3.05, 3.63) is 59.8 Å². The van der Waals surface area contributed by atoms with Crippen LogP contribution in [0.4, 0.5) is 0 Å². The number of guanidine groups is 1. The van der Waals surface area contributed by atoms with Crippen molar-refractivity contribution in [1.82, 2.24) is 15.6 Å². The van der Waals surface area contributed by atoms with Crippen molar-refractivity contribution >= 4 is 5.96 Å². The van der Waals surface area contributed by atoms with Crippen LogP contribution in [0.3, 0.4) is 0 Å². The summed E-state index contributed by atoms with van der Waals surface area (Å²) in [5.74, 6) is 1.32. The van der Waals surface area contributed by atoms with Crippen molar-refractivity contribution in [3.8, 4) is 5.88 Å². The van der Waals surface area contributed by atoms with Gasteiger partial charge in [-0.3, -0.25) is 4.99 Å². The van der Waals surface area contributed by atoms with Gasteiger partial charge in [0.2, 0.25) is 5.88 Å². The fourth-order valence-corrected chi connectivity index (χ4v) is 2.43. The van der Waals surface area contributed by atoms with Gasteiger partial charge in [-0.2, -0.15) is 0 Å². The smallest absolute Gasteiger partial charge is 0.213 e. The molecule has 25 heavy (non-hydrogen) atoms. The largest absolute Gasteiger partial charge is 0.478 e. The first kappa shape index (κ1) is 18.7. The first-order chi connectivity index (χ1) is 12.3. The van der Waals surface area contributed by atoms with Gasteiger partial charge in [0.1, 0.15) is 0 Å². The van der Waals surface area contributed by atoms with E-state index in [0.29, 0.717) is 31.5 Å². The maximum Gasteiger partial charge on any atom is 0.213 e. The van der Waals surface area contributed by atoms with E-state index in [0.717, 1.165) is 11.1 Å². The van der Waals surface area contributed by atoms with Crippen molar-refractivity contribution in [2.45, 2.75) is 19.4 Å². The summed E-state index contributed by atoms with van der Waals surface area (Å²) in [6.07, 6.45) is 1.73. The second kappa shape index (κ2) is 10.3. The average Bonchev–Trinajstić information content (AvgIpc) is 2.66. The number of aliphatic hydroxyl groups is 1. The Hall–Kier alpha value is -2.60. The highest BCUT2D eigenvalue weighted by molar-refractivity contribution is 5.79. The minimum Gasteiger partial charge on any atom is -0.478 e. The fraction of sp³-hybridized carbons (Fsp3) is 0.368. The third kappa shape index (κ3) is 6.08. The van der Waals surface area contributed by atoms with Gasteiger partial charge in [0.05, 0.1) is 13.2 Å². The van der Waals surface area contributed by atoms with Gasteiger partial charge < -0.3 is 20.5 Å². The molecule has 0 fully saturated rings. The van der Waals surface area contributed by atoms with Crippen LogP contribution in [0.5, 0.6) is 5.88 Å². The summed E-state index contributed by atoms with van der Waals surface area (Å²) in [6, 6.07) is 13.8. The lowest BCUT2D eigenvalue weighted by Crippen LogP contribution is -2.39. The van der Waals surface area contributed by atoms with E-state index in [1.165, 1.54) is 0 Å². The van der Waals surface area contributed by atoms with E-state index < -0.39 is 0 Å². The van der Waals surface area contributed by atoms with Crippen molar-refractivity contribution in [1.29, 1.82) is 0 Å². The third-order valence-electron chi connectivity index (χ3n) is 3.78. The molecule has 2 rings (SSSR count). The van der Waals surface area contributed by atoms with Crippen LogP contribution in [0, 0.1) is 0 Å². The lowest BCUT2D eigenvalue weighted by atomic mass is 10.0. The second-order valence-electron chi connectivity index (χ2n) is 5.53. The maximum atomic E-state index is 9.63. The molecule has 6 nitrogen and oxygen atoms in total. The number of aliphatic imine (C=N–C) groups is 1. The van der Waals surface area contributed by atoms with Crippen LogP contribution in [0.2, 0.25) is 0 Å². The number of aromatic nitrogens is 1. The Bertz CT molecular complexity index is 661. The quantitative estimate of drug-likeness (QED) is 0.505. The number of nitrogens with zero attached hydrogens (tertiary/aromatic N) is 2. The Morgan fingerprint density at radius 3 is 2.72 bits per heavy atom. The molecule has 0 spiro atoms. The summed E-state index contributed by atoms with van der Waals surface area (Å²) in [6.45, 7) is 3.81. The lowest BCUT2D eigenvalue weighted by Gasteiger charge is -2.18. The molecular weight excluding hydrogens is 316 g/mol. The molecule has 6 heteroatoms. The zero-order valence-corrected chi connectivity index (χ0v) is 14.8. The molecule has 0 saturated heterocycles. The molecule has 1 aromatic carbocycles. The van der Waals surface area contributed by atoms with Gasteiger partial charge in [0.25, 0.3) is 0 Å². The normalized spacial score (nSPS) is 12.5. The van der Waals surface area contributed by atoms with Gasteiger partial charge in [0.15, 0.2) is 5.96 Å². The number of aliphatic hydroxyl groups excluding tert-OH is 1. The molecule has 2 aromatic rings. The van der Waals surface area contributed by atoms with Gasteiger partial charge in [-0.25, -0.2) is 4.98 Å². The van der Waals surface area contributed by atoms with Crippen LogP contribution in [0.1, 0.15) is 24.0 Å². The SMILES string of the molecule is CCOc1cc(CNC(=NC)NCC(CO)c2ccccc2)ccn1. The van der Waals surface area contributed by atoms with Crippen LogP contribution >= 0.6 is 0 Å². The number of hydrogen-bond acceptors (Lipinski definition) is 4. The van der Waals surface area contributed by atoms with Crippen LogP contribution in [-0.4, -0.2) is 42.9 Å². The molecule has 0 bridgehead atoms. The number of benzene rings is 1. The first-order valence-electron chi connectivity index (χ1n) is 8.44. The van der Waals surface area contributed by atoms with E-state index in [4.69, 9.17) is 4.74 Å². The molecule has 0 aliphatic heterocycles. The molecule has 0 saturated carbocycles. The zero-order chi connectivity index (χ0) is 17.9. The van der Waals surface area contributed by atoms with E-state index in [9.17, 15) is 5.11 Å². The number of ether oxygens (including phenoxy) is 1. The predicted octanol–water partition coefficient (Wildman–Crippen LogP) is 1.92. The van der Waals surface area contributed by atoms with E-state index >= 15 is 0 Å². The lowest BCUT2D eigenvalue weighted by molar-refractivity contribution is 0.265. The minimum absolute atomic E-state index is 0.0187. The molecule has 1 unspecified atom stereocenters. The summed E-state index contributed by atoms with van der Waals surface area (Å²) in [4.78, 5) is 8.38. The van der Waals surface area contributed by atoms with E-state index in [-0.39, 0.29) is 12.5 Å². The van der Waals surface area contributed by atoms with E-state index in [1.54, 1.807) is 13.2 Å². The van der Waals surface area contributed by atoms with Crippen LogP contribution in [0.25, 0.3) is 0 Å². The topological polar surface area (TPSA) is 78.8 Å². The monoisotopic (exact) mass is 342 g/mol. The molecule has 1 aromatic heterocycles. The Kier molecular flexibility index (Phi) is 7.72. The van der Waals surface area contributed by atoms with Crippen molar-refractivity contribution in [2.24, 2.45) is 4.99 Å². The van der Waals surface area contributed by atoms with Gasteiger partial charge in [-0.05, 0) is 24.1 Å². The van der Waals surface area contributed by atoms with Gasteiger partial charge in [-0.1, -0.05) is 30.3 Å². The molecule has 1 heterocycles. The summed E-state index contributed by atoms with van der Waals surface area (Å²) in [5.41, 5.74) is 2.16. The van der Waals surface area contributed by atoms with Crippen LogP contribution in [0.15, 0.2) is 53.7 Å². The highest BCUT2D eigenvalue weighted by Crippen LogP contribution is 2.13. The van der Waals surface area contributed by atoms with Crippen molar-refractivity contribution in [3.63, 3.8) is 0 Å². The molecule has 0 aliphatic rings. The van der Waals surface area contributed by atoms with Gasteiger partial charge >= 0.3 is 0 Å².